The van der Waals surface area contributed by atoms with Crippen molar-refractivity contribution in [3.05, 3.63) is 35.6 Å². The molecule has 1 heterocycles. The molecule has 0 bridgehead atoms. The second-order valence-corrected chi connectivity index (χ2v) is 5.76. The SMILES string of the molecule is CCCC(N)C(=O)N1CC(C)CC1c1ccccc1F.Cl. The number of halogens is 2. The first kappa shape index (κ1) is 17.9. The summed E-state index contributed by atoms with van der Waals surface area (Å²) in [6, 6.07) is 6.06. The minimum Gasteiger partial charge on any atom is -0.334 e. The Morgan fingerprint density at radius 3 is 2.76 bits per heavy atom. The van der Waals surface area contributed by atoms with E-state index in [0.29, 0.717) is 24.4 Å². The summed E-state index contributed by atoms with van der Waals surface area (Å²) in [5, 5.41) is 0. The topological polar surface area (TPSA) is 46.3 Å². The van der Waals surface area contributed by atoms with Crippen molar-refractivity contribution < 1.29 is 9.18 Å². The predicted molar refractivity (Wildman–Crippen MR) is 84.8 cm³/mol. The van der Waals surface area contributed by atoms with Gasteiger partial charge in [-0.1, -0.05) is 38.5 Å². The molecule has 1 aromatic rings. The lowest BCUT2D eigenvalue weighted by Crippen LogP contribution is -2.43. The lowest BCUT2D eigenvalue weighted by atomic mass is 10.00. The molecule has 2 rings (SSSR count). The van der Waals surface area contributed by atoms with Gasteiger partial charge >= 0.3 is 0 Å². The quantitative estimate of drug-likeness (QED) is 0.927. The summed E-state index contributed by atoms with van der Waals surface area (Å²) in [4.78, 5) is 14.2. The van der Waals surface area contributed by atoms with E-state index in [4.69, 9.17) is 5.73 Å². The molecule has 118 valence electrons. The number of likely N-dealkylation sites (tertiary alicyclic amines) is 1. The summed E-state index contributed by atoms with van der Waals surface area (Å²) in [5.74, 6) is 0.0790. The molecule has 3 nitrogen and oxygen atoms in total. The fourth-order valence-electron chi connectivity index (χ4n) is 2.98. The van der Waals surface area contributed by atoms with Gasteiger partial charge in [0, 0.05) is 12.1 Å². The monoisotopic (exact) mass is 314 g/mol. The standard InChI is InChI=1S/C16H23FN2O.ClH/c1-3-6-14(18)16(20)19-10-11(2)9-15(19)12-7-4-5-8-13(12)17;/h4-5,7-8,11,14-15H,3,6,9-10,18H2,1-2H3;1H. The van der Waals surface area contributed by atoms with Crippen LogP contribution in [0.15, 0.2) is 24.3 Å². The van der Waals surface area contributed by atoms with Crippen LogP contribution >= 0.6 is 12.4 Å². The van der Waals surface area contributed by atoms with Gasteiger partial charge in [0.05, 0.1) is 12.1 Å². The van der Waals surface area contributed by atoms with Gasteiger partial charge in [-0.3, -0.25) is 4.79 Å². The Labute approximate surface area is 132 Å². The first-order valence-corrected chi connectivity index (χ1v) is 7.35. The Hall–Kier alpha value is -1.13. The van der Waals surface area contributed by atoms with Crippen molar-refractivity contribution in [1.29, 1.82) is 0 Å². The van der Waals surface area contributed by atoms with Crippen LogP contribution < -0.4 is 5.73 Å². The number of nitrogens with zero attached hydrogens (tertiary/aromatic N) is 1. The number of rotatable bonds is 4. The van der Waals surface area contributed by atoms with Gasteiger partial charge in [-0.15, -0.1) is 12.4 Å². The molecule has 0 aromatic heterocycles. The average Bonchev–Trinajstić information content (AvgIpc) is 2.80. The summed E-state index contributed by atoms with van der Waals surface area (Å²) in [5.41, 5.74) is 6.55. The average molecular weight is 315 g/mol. The number of carbonyl (C=O) groups is 1. The molecule has 0 radical (unpaired) electrons. The third-order valence-corrected chi connectivity index (χ3v) is 3.97. The molecule has 5 heteroatoms. The second-order valence-electron chi connectivity index (χ2n) is 5.76. The maximum atomic E-state index is 14.0. The lowest BCUT2D eigenvalue weighted by molar-refractivity contribution is -0.133. The molecule has 1 aromatic carbocycles. The van der Waals surface area contributed by atoms with Crippen LogP contribution in [0.25, 0.3) is 0 Å². The largest absolute Gasteiger partial charge is 0.334 e. The third-order valence-electron chi connectivity index (χ3n) is 3.97. The minimum absolute atomic E-state index is 0. The van der Waals surface area contributed by atoms with Crippen LogP contribution in [0.4, 0.5) is 4.39 Å². The van der Waals surface area contributed by atoms with E-state index in [1.165, 1.54) is 6.07 Å². The number of hydrogen-bond donors (Lipinski definition) is 1. The van der Waals surface area contributed by atoms with E-state index in [1.807, 2.05) is 13.0 Å². The van der Waals surface area contributed by atoms with E-state index >= 15 is 0 Å². The van der Waals surface area contributed by atoms with Gasteiger partial charge in [-0.05, 0) is 24.8 Å². The van der Waals surface area contributed by atoms with Gasteiger partial charge in [0.1, 0.15) is 5.82 Å². The highest BCUT2D eigenvalue weighted by atomic mass is 35.5. The summed E-state index contributed by atoms with van der Waals surface area (Å²) in [6.07, 6.45) is 2.35. The smallest absolute Gasteiger partial charge is 0.240 e. The van der Waals surface area contributed by atoms with Crippen LogP contribution in [0.3, 0.4) is 0 Å². The van der Waals surface area contributed by atoms with Crippen LogP contribution in [-0.4, -0.2) is 23.4 Å². The first-order valence-electron chi connectivity index (χ1n) is 7.35. The molecule has 3 atom stereocenters. The Morgan fingerprint density at radius 2 is 2.14 bits per heavy atom. The zero-order valence-corrected chi connectivity index (χ0v) is 13.4. The third kappa shape index (κ3) is 3.95. The highest BCUT2D eigenvalue weighted by molar-refractivity contribution is 5.85. The summed E-state index contributed by atoms with van der Waals surface area (Å²) < 4.78 is 14.0. The van der Waals surface area contributed by atoms with Gasteiger partial charge in [-0.2, -0.15) is 0 Å². The predicted octanol–water partition coefficient (Wildman–Crippen LogP) is 3.28. The molecular formula is C16H24ClFN2O. The van der Waals surface area contributed by atoms with Crippen molar-refractivity contribution in [2.75, 3.05) is 6.54 Å². The molecule has 1 amide bonds. The van der Waals surface area contributed by atoms with Crippen molar-refractivity contribution in [3.8, 4) is 0 Å². The maximum absolute atomic E-state index is 14.0. The van der Waals surface area contributed by atoms with Gasteiger partial charge in [0.15, 0.2) is 0 Å². The zero-order chi connectivity index (χ0) is 14.7. The number of benzene rings is 1. The Bertz CT molecular complexity index is 483. The molecule has 0 spiro atoms. The van der Waals surface area contributed by atoms with Crippen molar-refractivity contribution in [1.82, 2.24) is 4.90 Å². The molecule has 1 aliphatic rings. The Morgan fingerprint density at radius 1 is 1.48 bits per heavy atom. The highest BCUT2D eigenvalue weighted by Crippen LogP contribution is 2.36. The molecule has 1 fully saturated rings. The van der Waals surface area contributed by atoms with Crippen molar-refractivity contribution in [2.45, 2.75) is 45.2 Å². The molecule has 2 N–H and O–H groups in total. The van der Waals surface area contributed by atoms with Crippen LogP contribution in [0.5, 0.6) is 0 Å². The molecule has 1 aliphatic heterocycles. The minimum atomic E-state index is -0.473. The van der Waals surface area contributed by atoms with Crippen LogP contribution in [0.2, 0.25) is 0 Å². The molecular weight excluding hydrogens is 291 g/mol. The second kappa shape index (κ2) is 7.76. The lowest BCUT2D eigenvalue weighted by Gasteiger charge is -2.28. The van der Waals surface area contributed by atoms with E-state index in [1.54, 1.807) is 17.0 Å². The van der Waals surface area contributed by atoms with Gasteiger partial charge in [0.2, 0.25) is 5.91 Å². The molecule has 0 aliphatic carbocycles. The van der Waals surface area contributed by atoms with Crippen molar-refractivity contribution >= 4 is 18.3 Å². The van der Waals surface area contributed by atoms with E-state index in [9.17, 15) is 9.18 Å². The molecule has 21 heavy (non-hydrogen) atoms. The van der Waals surface area contributed by atoms with E-state index < -0.39 is 6.04 Å². The fraction of sp³-hybridized carbons (Fsp3) is 0.562. The van der Waals surface area contributed by atoms with Crippen LogP contribution in [0, 0.1) is 11.7 Å². The van der Waals surface area contributed by atoms with Gasteiger partial charge in [-0.25, -0.2) is 4.39 Å². The van der Waals surface area contributed by atoms with E-state index in [2.05, 4.69) is 6.92 Å². The van der Waals surface area contributed by atoms with E-state index in [0.717, 1.165) is 12.8 Å². The number of carbonyl (C=O) groups excluding carboxylic acids is 1. The van der Waals surface area contributed by atoms with Crippen LogP contribution in [0.1, 0.15) is 44.7 Å². The zero-order valence-electron chi connectivity index (χ0n) is 12.6. The summed E-state index contributed by atoms with van der Waals surface area (Å²) >= 11 is 0. The molecule has 3 unspecified atom stereocenters. The summed E-state index contributed by atoms with van der Waals surface area (Å²) in [6.45, 7) is 4.76. The number of hydrogen-bond acceptors (Lipinski definition) is 2. The maximum Gasteiger partial charge on any atom is 0.240 e. The highest BCUT2D eigenvalue weighted by Gasteiger charge is 2.36. The first-order chi connectivity index (χ1) is 9.54. The Kier molecular flexibility index (Phi) is 6.62. The van der Waals surface area contributed by atoms with Gasteiger partial charge in [0.25, 0.3) is 0 Å². The number of nitrogens with two attached hydrogens (primary N) is 1. The normalized spacial score (nSPS) is 22.8. The van der Waals surface area contributed by atoms with Crippen LogP contribution in [-0.2, 0) is 4.79 Å². The Balaban J connectivity index is 0.00000220. The van der Waals surface area contributed by atoms with E-state index in [-0.39, 0.29) is 30.2 Å². The summed E-state index contributed by atoms with van der Waals surface area (Å²) in [7, 11) is 0. The van der Waals surface area contributed by atoms with Crippen molar-refractivity contribution in [2.24, 2.45) is 11.7 Å². The fourth-order valence-corrected chi connectivity index (χ4v) is 2.98. The molecule has 0 saturated carbocycles. The van der Waals surface area contributed by atoms with Gasteiger partial charge < -0.3 is 10.6 Å². The number of amides is 1. The van der Waals surface area contributed by atoms with Crippen molar-refractivity contribution in [3.63, 3.8) is 0 Å². The molecule has 1 saturated heterocycles.